The maximum Gasteiger partial charge on any atom is 0.356 e. The summed E-state index contributed by atoms with van der Waals surface area (Å²) in [5.74, 6) is 0.316. The topological polar surface area (TPSA) is 42.4 Å². The number of nitrogens with zero attached hydrogens (tertiary/aromatic N) is 2. The van der Waals surface area contributed by atoms with Crippen molar-refractivity contribution in [3.8, 4) is 0 Å². The first-order valence-corrected chi connectivity index (χ1v) is 5.91. The van der Waals surface area contributed by atoms with Crippen LogP contribution in [-0.4, -0.2) is 31.2 Å². The van der Waals surface area contributed by atoms with E-state index in [-0.39, 0.29) is 0 Å². The second kappa shape index (κ2) is 4.41. The van der Waals surface area contributed by atoms with Crippen LogP contribution in [0.3, 0.4) is 0 Å². The second-order valence-corrected chi connectivity index (χ2v) is 4.76. The predicted molar refractivity (Wildman–Crippen MR) is 64.7 cm³/mol. The lowest BCUT2D eigenvalue weighted by Gasteiger charge is -2.39. The summed E-state index contributed by atoms with van der Waals surface area (Å²) >= 11 is 3.38. The maximum atomic E-state index is 11.3. The minimum Gasteiger partial charge on any atom is -0.464 e. The molecule has 2 rings (SSSR count). The van der Waals surface area contributed by atoms with Crippen molar-refractivity contribution in [3.05, 3.63) is 22.4 Å². The Morgan fingerprint density at radius 1 is 1.56 bits per heavy atom. The molecule has 0 atom stereocenters. The molecule has 2 heterocycles. The first-order valence-electron chi connectivity index (χ1n) is 5.11. The summed E-state index contributed by atoms with van der Waals surface area (Å²) in [4.78, 5) is 17.7. The normalized spacial score (nSPS) is 15.8. The smallest absolute Gasteiger partial charge is 0.356 e. The number of carbonyl (C=O) groups excluding carboxylic acids is 1. The molecule has 0 unspecified atom stereocenters. The van der Waals surface area contributed by atoms with E-state index in [1.165, 1.54) is 7.11 Å². The van der Waals surface area contributed by atoms with E-state index in [1.54, 1.807) is 6.07 Å². The lowest BCUT2D eigenvalue weighted by Crippen LogP contribution is -2.45. The summed E-state index contributed by atoms with van der Waals surface area (Å²) in [6.07, 6.45) is 0. The van der Waals surface area contributed by atoms with Gasteiger partial charge in [-0.3, -0.25) is 0 Å². The molecule has 4 nitrogen and oxygen atoms in total. The number of hydrogen-bond acceptors (Lipinski definition) is 4. The zero-order valence-electron chi connectivity index (χ0n) is 9.24. The third kappa shape index (κ3) is 2.04. The SMILES string of the molecule is COC(=O)c1ccc(N2CC(C)C2)c(Br)n1. The number of pyridine rings is 1. The van der Waals surface area contributed by atoms with Crippen molar-refractivity contribution in [1.29, 1.82) is 0 Å². The molecule has 0 bridgehead atoms. The van der Waals surface area contributed by atoms with Crippen LogP contribution in [0.25, 0.3) is 0 Å². The molecule has 0 spiro atoms. The van der Waals surface area contributed by atoms with Crippen LogP contribution in [0.2, 0.25) is 0 Å². The Morgan fingerprint density at radius 2 is 2.25 bits per heavy atom. The number of halogens is 1. The van der Waals surface area contributed by atoms with Gasteiger partial charge >= 0.3 is 5.97 Å². The summed E-state index contributed by atoms with van der Waals surface area (Å²) in [5.41, 5.74) is 1.36. The van der Waals surface area contributed by atoms with Gasteiger partial charge in [-0.05, 0) is 34.0 Å². The highest BCUT2D eigenvalue weighted by atomic mass is 79.9. The zero-order valence-corrected chi connectivity index (χ0v) is 10.8. The Bertz CT molecular complexity index is 416. The Hall–Kier alpha value is -1.10. The molecule has 86 valence electrons. The van der Waals surface area contributed by atoms with Crippen molar-refractivity contribution >= 4 is 27.6 Å². The van der Waals surface area contributed by atoms with Gasteiger partial charge in [0.1, 0.15) is 10.3 Å². The Labute approximate surface area is 103 Å². The molecule has 1 aromatic rings. The van der Waals surface area contributed by atoms with Gasteiger partial charge in [0.25, 0.3) is 0 Å². The quantitative estimate of drug-likeness (QED) is 0.616. The molecule has 0 amide bonds. The van der Waals surface area contributed by atoms with Crippen LogP contribution in [0.5, 0.6) is 0 Å². The fourth-order valence-electron chi connectivity index (χ4n) is 1.78. The second-order valence-electron chi connectivity index (χ2n) is 4.01. The number of rotatable bonds is 2. The maximum absolute atomic E-state index is 11.3. The molecule has 1 fully saturated rings. The number of esters is 1. The van der Waals surface area contributed by atoms with E-state index in [0.717, 1.165) is 24.7 Å². The number of carbonyl (C=O) groups is 1. The minimum atomic E-state index is -0.413. The average Bonchev–Trinajstić information content (AvgIpc) is 2.24. The van der Waals surface area contributed by atoms with E-state index in [4.69, 9.17) is 0 Å². The fraction of sp³-hybridized carbons (Fsp3) is 0.455. The van der Waals surface area contributed by atoms with Crippen molar-refractivity contribution < 1.29 is 9.53 Å². The summed E-state index contributed by atoms with van der Waals surface area (Å²) in [6.45, 7) is 4.29. The van der Waals surface area contributed by atoms with E-state index < -0.39 is 5.97 Å². The van der Waals surface area contributed by atoms with E-state index >= 15 is 0 Å². The van der Waals surface area contributed by atoms with Gasteiger partial charge in [-0.1, -0.05) is 6.92 Å². The highest BCUT2D eigenvalue weighted by Crippen LogP contribution is 2.30. The monoisotopic (exact) mass is 284 g/mol. The van der Waals surface area contributed by atoms with Crippen LogP contribution in [-0.2, 0) is 4.74 Å². The van der Waals surface area contributed by atoms with Gasteiger partial charge in [0, 0.05) is 13.1 Å². The lowest BCUT2D eigenvalue weighted by molar-refractivity contribution is 0.0594. The molecule has 0 radical (unpaired) electrons. The third-order valence-electron chi connectivity index (χ3n) is 2.63. The van der Waals surface area contributed by atoms with Gasteiger partial charge in [0.15, 0.2) is 0 Å². The molecule has 1 aliphatic rings. The summed E-state index contributed by atoms with van der Waals surface area (Å²) in [5, 5.41) is 0. The molecule has 1 saturated heterocycles. The van der Waals surface area contributed by atoms with Crippen LogP contribution in [0.15, 0.2) is 16.7 Å². The van der Waals surface area contributed by atoms with Crippen LogP contribution in [0, 0.1) is 5.92 Å². The Morgan fingerprint density at radius 3 is 2.75 bits per heavy atom. The average molecular weight is 285 g/mol. The molecule has 5 heteroatoms. The van der Waals surface area contributed by atoms with Gasteiger partial charge in [-0.2, -0.15) is 0 Å². The molecule has 0 aromatic carbocycles. The van der Waals surface area contributed by atoms with Gasteiger partial charge in [0.2, 0.25) is 0 Å². The zero-order chi connectivity index (χ0) is 11.7. The van der Waals surface area contributed by atoms with Crippen molar-refractivity contribution in [3.63, 3.8) is 0 Å². The number of methoxy groups -OCH3 is 1. The molecule has 1 aliphatic heterocycles. The number of hydrogen-bond donors (Lipinski definition) is 0. The third-order valence-corrected chi connectivity index (χ3v) is 3.21. The van der Waals surface area contributed by atoms with Gasteiger partial charge < -0.3 is 9.64 Å². The molecular weight excluding hydrogens is 272 g/mol. The molecule has 0 saturated carbocycles. The number of aromatic nitrogens is 1. The largest absolute Gasteiger partial charge is 0.464 e. The first-order chi connectivity index (χ1) is 7.61. The first kappa shape index (κ1) is 11.4. The molecule has 0 aliphatic carbocycles. The highest BCUT2D eigenvalue weighted by molar-refractivity contribution is 9.10. The van der Waals surface area contributed by atoms with Gasteiger partial charge in [0.05, 0.1) is 12.8 Å². The van der Waals surface area contributed by atoms with Crippen molar-refractivity contribution in [1.82, 2.24) is 4.98 Å². The van der Waals surface area contributed by atoms with Crippen LogP contribution < -0.4 is 4.90 Å². The number of ether oxygens (including phenoxy) is 1. The summed E-state index contributed by atoms with van der Waals surface area (Å²) in [6, 6.07) is 3.59. The lowest BCUT2D eigenvalue weighted by atomic mass is 10.0. The molecule has 1 aromatic heterocycles. The summed E-state index contributed by atoms with van der Waals surface area (Å²) < 4.78 is 5.31. The highest BCUT2D eigenvalue weighted by Gasteiger charge is 2.25. The minimum absolute atomic E-state index is 0.326. The van der Waals surface area contributed by atoms with Crippen molar-refractivity contribution in [2.45, 2.75) is 6.92 Å². The van der Waals surface area contributed by atoms with Gasteiger partial charge in [-0.15, -0.1) is 0 Å². The van der Waals surface area contributed by atoms with Crippen LogP contribution >= 0.6 is 15.9 Å². The van der Waals surface area contributed by atoms with E-state index in [2.05, 4.69) is 37.5 Å². The van der Waals surface area contributed by atoms with E-state index in [9.17, 15) is 4.79 Å². The fourth-order valence-corrected chi connectivity index (χ4v) is 2.35. The number of anilines is 1. The molecule has 0 N–H and O–H groups in total. The van der Waals surface area contributed by atoms with E-state index in [0.29, 0.717) is 10.3 Å². The van der Waals surface area contributed by atoms with E-state index in [1.807, 2.05) is 6.07 Å². The molecular formula is C11H13BrN2O2. The Balaban J connectivity index is 2.20. The predicted octanol–water partition coefficient (Wildman–Crippen LogP) is 2.09. The van der Waals surface area contributed by atoms with Gasteiger partial charge in [-0.25, -0.2) is 9.78 Å². The summed E-state index contributed by atoms with van der Waals surface area (Å²) in [7, 11) is 1.35. The van der Waals surface area contributed by atoms with Crippen LogP contribution in [0.4, 0.5) is 5.69 Å². The van der Waals surface area contributed by atoms with Crippen molar-refractivity contribution in [2.24, 2.45) is 5.92 Å². The standard InChI is InChI=1S/C11H13BrN2O2/c1-7-5-14(6-7)9-4-3-8(11(15)16-2)13-10(9)12/h3-4,7H,5-6H2,1-2H3. The van der Waals surface area contributed by atoms with Crippen LogP contribution in [0.1, 0.15) is 17.4 Å². The molecule has 16 heavy (non-hydrogen) atoms. The van der Waals surface area contributed by atoms with Crippen molar-refractivity contribution in [2.75, 3.05) is 25.1 Å². The Kier molecular flexibility index (Phi) is 3.14.